The Hall–Kier alpha value is -2.05. The van der Waals surface area contributed by atoms with Gasteiger partial charge >= 0.3 is 12.0 Å². The lowest BCUT2D eigenvalue weighted by molar-refractivity contribution is 0.0508. The van der Waals surface area contributed by atoms with E-state index in [0.29, 0.717) is 18.4 Å². The molecular formula is C14H18F2N2O3. The van der Waals surface area contributed by atoms with Gasteiger partial charge in [-0.15, -0.1) is 0 Å². The van der Waals surface area contributed by atoms with Gasteiger partial charge in [-0.3, -0.25) is 0 Å². The number of carbonyl (C=O) groups is 1. The van der Waals surface area contributed by atoms with Crippen molar-refractivity contribution in [3.8, 4) is 6.01 Å². The van der Waals surface area contributed by atoms with E-state index in [1.54, 1.807) is 6.92 Å². The Morgan fingerprint density at radius 2 is 2.14 bits per heavy atom. The Labute approximate surface area is 122 Å². The first kappa shape index (κ1) is 17.0. The van der Waals surface area contributed by atoms with Crippen LogP contribution in [-0.4, -0.2) is 29.2 Å². The summed E-state index contributed by atoms with van der Waals surface area (Å²) in [6.45, 7) is 4.07. The van der Waals surface area contributed by atoms with Crippen LogP contribution in [0.4, 0.5) is 8.78 Å². The Kier molecular flexibility index (Phi) is 7.28. The highest BCUT2D eigenvalue weighted by Crippen LogP contribution is 2.11. The number of aryl methyl sites for hydroxylation is 1. The quantitative estimate of drug-likeness (QED) is 0.544. The maximum Gasteiger partial charge on any atom is 0.341 e. The van der Waals surface area contributed by atoms with Gasteiger partial charge < -0.3 is 9.47 Å². The van der Waals surface area contributed by atoms with Crippen LogP contribution in [0.2, 0.25) is 0 Å². The third-order valence-electron chi connectivity index (χ3n) is 2.56. The number of halogens is 2. The van der Waals surface area contributed by atoms with Crippen molar-refractivity contribution in [3.63, 3.8) is 0 Å². The fraction of sp³-hybridized carbons (Fsp3) is 0.500. The van der Waals surface area contributed by atoms with Crippen LogP contribution in [0.5, 0.6) is 6.01 Å². The molecule has 0 aliphatic heterocycles. The summed E-state index contributed by atoms with van der Waals surface area (Å²) < 4.78 is 33.8. The van der Waals surface area contributed by atoms with E-state index in [4.69, 9.17) is 9.47 Å². The van der Waals surface area contributed by atoms with Crippen molar-refractivity contribution in [2.24, 2.45) is 0 Å². The molecule has 116 valence electrons. The van der Waals surface area contributed by atoms with Crippen LogP contribution < -0.4 is 4.74 Å². The highest BCUT2D eigenvalue weighted by atomic mass is 19.3. The van der Waals surface area contributed by atoms with Crippen LogP contribution >= 0.6 is 0 Å². The average molecular weight is 300 g/mol. The summed E-state index contributed by atoms with van der Waals surface area (Å²) in [5.74, 6) is -0.639. The number of rotatable bonds is 8. The maximum absolute atomic E-state index is 11.8. The molecule has 1 aromatic rings. The molecule has 0 fully saturated rings. The molecule has 0 N–H and O–H groups in total. The summed E-state index contributed by atoms with van der Waals surface area (Å²) in [6.07, 6.45) is 2.08. The highest BCUT2D eigenvalue weighted by molar-refractivity contribution is 5.90. The van der Waals surface area contributed by atoms with Crippen LogP contribution in [0.1, 0.15) is 42.2 Å². The Bertz CT molecular complexity index is 503. The molecular weight excluding hydrogens is 282 g/mol. The monoisotopic (exact) mass is 300 g/mol. The predicted octanol–water partition coefficient (Wildman–Crippen LogP) is 3.29. The molecule has 1 aromatic heterocycles. The minimum atomic E-state index is -1.79. The second-order valence-corrected chi connectivity index (χ2v) is 4.27. The number of hydrogen-bond donors (Lipinski definition) is 0. The summed E-state index contributed by atoms with van der Waals surface area (Å²) in [5, 5.41) is 0. The third kappa shape index (κ3) is 6.29. The molecule has 0 bridgehead atoms. The van der Waals surface area contributed by atoms with Crippen LogP contribution in [0.3, 0.4) is 0 Å². The van der Waals surface area contributed by atoms with Crippen molar-refractivity contribution < 1.29 is 23.0 Å². The fourth-order valence-corrected chi connectivity index (χ4v) is 1.42. The fourth-order valence-electron chi connectivity index (χ4n) is 1.42. The van der Waals surface area contributed by atoms with Crippen LogP contribution in [-0.2, 0) is 4.74 Å². The predicted molar refractivity (Wildman–Crippen MR) is 72.4 cm³/mol. The van der Waals surface area contributed by atoms with Gasteiger partial charge in [0.1, 0.15) is 0 Å². The molecule has 21 heavy (non-hydrogen) atoms. The van der Waals surface area contributed by atoms with Gasteiger partial charge in [-0.2, -0.15) is 13.8 Å². The minimum absolute atomic E-state index is 0.0355. The van der Waals surface area contributed by atoms with Gasteiger partial charge in [0.2, 0.25) is 0 Å². The molecule has 0 aliphatic carbocycles. The number of hydrogen-bond acceptors (Lipinski definition) is 5. The lowest BCUT2D eigenvalue weighted by atomic mass is 10.2. The zero-order valence-corrected chi connectivity index (χ0v) is 12.1. The topological polar surface area (TPSA) is 61.3 Å². The van der Waals surface area contributed by atoms with Crippen LogP contribution in [0.25, 0.3) is 0 Å². The summed E-state index contributed by atoms with van der Waals surface area (Å²) in [5.41, 5.74) is 0.622. The van der Waals surface area contributed by atoms with E-state index >= 15 is 0 Å². The second kappa shape index (κ2) is 8.99. The van der Waals surface area contributed by atoms with Crippen molar-refractivity contribution in [1.29, 1.82) is 0 Å². The smallest absolute Gasteiger partial charge is 0.341 e. The maximum atomic E-state index is 11.8. The average Bonchev–Trinajstić information content (AvgIpc) is 2.43. The SMILES string of the molecule is CCCCOc1ncc(C(=O)OCCC=C(F)F)c(C)n1. The van der Waals surface area contributed by atoms with E-state index in [1.165, 1.54) is 6.20 Å². The molecule has 1 heterocycles. The van der Waals surface area contributed by atoms with Crippen molar-refractivity contribution in [2.75, 3.05) is 13.2 Å². The molecule has 5 nitrogen and oxygen atoms in total. The molecule has 0 spiro atoms. The second-order valence-electron chi connectivity index (χ2n) is 4.27. The number of ether oxygens (including phenoxy) is 2. The van der Waals surface area contributed by atoms with E-state index in [-0.39, 0.29) is 24.6 Å². The van der Waals surface area contributed by atoms with Crippen LogP contribution in [0, 0.1) is 6.92 Å². The summed E-state index contributed by atoms with van der Waals surface area (Å²) in [4.78, 5) is 19.7. The van der Waals surface area contributed by atoms with Crippen molar-refractivity contribution in [2.45, 2.75) is 33.1 Å². The molecule has 0 saturated heterocycles. The lowest BCUT2D eigenvalue weighted by Gasteiger charge is -2.07. The first-order valence-corrected chi connectivity index (χ1v) is 6.69. The normalized spacial score (nSPS) is 10.1. The largest absolute Gasteiger partial charge is 0.463 e. The standard InChI is InChI=1S/C14H18F2N2O3/c1-3-4-7-21-14-17-9-11(10(2)18-14)13(19)20-8-5-6-12(15)16/h6,9H,3-5,7-8H2,1-2H3. The summed E-state index contributed by atoms with van der Waals surface area (Å²) >= 11 is 0. The van der Waals surface area contributed by atoms with E-state index in [1.807, 2.05) is 6.92 Å². The first-order chi connectivity index (χ1) is 10.0. The van der Waals surface area contributed by atoms with Gasteiger partial charge in [-0.1, -0.05) is 13.3 Å². The number of unbranched alkanes of at least 4 members (excludes halogenated alkanes) is 1. The van der Waals surface area contributed by atoms with Gasteiger partial charge in [-0.25, -0.2) is 9.78 Å². The van der Waals surface area contributed by atoms with E-state index < -0.39 is 12.0 Å². The number of esters is 1. The van der Waals surface area contributed by atoms with E-state index in [0.717, 1.165) is 12.8 Å². The number of aromatic nitrogens is 2. The van der Waals surface area contributed by atoms with Gasteiger partial charge in [0, 0.05) is 12.6 Å². The molecule has 0 unspecified atom stereocenters. The molecule has 0 amide bonds. The van der Waals surface area contributed by atoms with Crippen molar-refractivity contribution in [3.05, 3.63) is 29.6 Å². The minimum Gasteiger partial charge on any atom is -0.463 e. The molecule has 7 heteroatoms. The van der Waals surface area contributed by atoms with E-state index in [2.05, 4.69) is 9.97 Å². The third-order valence-corrected chi connectivity index (χ3v) is 2.56. The molecule has 0 saturated carbocycles. The highest BCUT2D eigenvalue weighted by Gasteiger charge is 2.13. The molecule has 0 aliphatic rings. The zero-order chi connectivity index (χ0) is 15.7. The molecule has 0 radical (unpaired) electrons. The lowest BCUT2D eigenvalue weighted by Crippen LogP contribution is -2.11. The summed E-state index contributed by atoms with van der Waals surface area (Å²) in [7, 11) is 0. The van der Waals surface area contributed by atoms with Gasteiger partial charge in [-0.05, 0) is 19.4 Å². The van der Waals surface area contributed by atoms with Crippen LogP contribution in [0.15, 0.2) is 18.4 Å². The Morgan fingerprint density at radius 3 is 2.76 bits per heavy atom. The van der Waals surface area contributed by atoms with Gasteiger partial charge in [0.25, 0.3) is 6.08 Å². The number of nitrogens with zero attached hydrogens (tertiary/aromatic N) is 2. The Morgan fingerprint density at radius 1 is 1.38 bits per heavy atom. The summed E-state index contributed by atoms with van der Waals surface area (Å²) in [6, 6.07) is 0.208. The van der Waals surface area contributed by atoms with Crippen molar-refractivity contribution >= 4 is 5.97 Å². The molecule has 0 atom stereocenters. The van der Waals surface area contributed by atoms with Gasteiger partial charge in [0.15, 0.2) is 0 Å². The zero-order valence-electron chi connectivity index (χ0n) is 12.1. The van der Waals surface area contributed by atoms with Gasteiger partial charge in [0.05, 0.1) is 24.5 Å². The molecule has 0 aromatic carbocycles. The van der Waals surface area contributed by atoms with Crippen molar-refractivity contribution in [1.82, 2.24) is 9.97 Å². The van der Waals surface area contributed by atoms with E-state index in [9.17, 15) is 13.6 Å². The Balaban J connectivity index is 2.54. The number of carbonyl (C=O) groups excluding carboxylic acids is 1. The molecule has 1 rings (SSSR count). The first-order valence-electron chi connectivity index (χ1n) is 6.69.